The van der Waals surface area contributed by atoms with E-state index in [2.05, 4.69) is 4.99 Å². The van der Waals surface area contributed by atoms with Crippen molar-refractivity contribution in [2.75, 3.05) is 13.1 Å². The van der Waals surface area contributed by atoms with Crippen LogP contribution in [0.4, 0.5) is 0 Å². The lowest BCUT2D eigenvalue weighted by atomic mass is 10.2. The first-order valence-electron chi connectivity index (χ1n) is 5.47. The molecule has 0 aliphatic heterocycles. The average molecular weight is 270 g/mol. The maximum absolute atomic E-state index is 5.89. The molecule has 0 bridgehead atoms. The van der Waals surface area contributed by atoms with Gasteiger partial charge in [-0.3, -0.25) is 0 Å². The molecule has 0 unspecified atom stereocenters. The van der Waals surface area contributed by atoms with Crippen LogP contribution in [0, 0.1) is 0 Å². The van der Waals surface area contributed by atoms with Crippen molar-refractivity contribution < 1.29 is 0 Å². The second kappa shape index (κ2) is 6.57. The van der Waals surface area contributed by atoms with Crippen LogP contribution in [0.2, 0.25) is 5.02 Å². The van der Waals surface area contributed by atoms with E-state index in [0.29, 0.717) is 16.0 Å². The Hall–Kier alpha value is -1.13. The van der Waals surface area contributed by atoms with E-state index in [1.54, 1.807) is 12.1 Å². The van der Waals surface area contributed by atoms with E-state index < -0.39 is 0 Å². The SMILES string of the molecule is CCN(CC)C(=S)/N=C(\N)c1ccc(Cl)cc1. The Morgan fingerprint density at radius 1 is 1.29 bits per heavy atom. The average Bonchev–Trinajstić information content (AvgIpc) is 2.31. The highest BCUT2D eigenvalue weighted by molar-refractivity contribution is 7.80. The van der Waals surface area contributed by atoms with E-state index in [1.165, 1.54) is 0 Å². The Morgan fingerprint density at radius 3 is 2.29 bits per heavy atom. The predicted molar refractivity (Wildman–Crippen MR) is 77.7 cm³/mol. The predicted octanol–water partition coefficient (Wildman–Crippen LogP) is 2.67. The summed E-state index contributed by atoms with van der Waals surface area (Å²) in [6.45, 7) is 5.72. The smallest absolute Gasteiger partial charge is 0.197 e. The summed E-state index contributed by atoms with van der Waals surface area (Å²) in [5.74, 6) is 0.415. The molecule has 17 heavy (non-hydrogen) atoms. The second-order valence-electron chi connectivity index (χ2n) is 3.46. The van der Waals surface area contributed by atoms with Gasteiger partial charge in [0.05, 0.1) is 0 Å². The Balaban J connectivity index is 2.85. The van der Waals surface area contributed by atoms with Gasteiger partial charge in [-0.05, 0) is 50.3 Å². The molecule has 0 saturated heterocycles. The third kappa shape index (κ3) is 3.98. The zero-order chi connectivity index (χ0) is 12.8. The normalized spacial score (nSPS) is 11.4. The minimum Gasteiger partial charge on any atom is -0.383 e. The highest BCUT2D eigenvalue weighted by atomic mass is 35.5. The molecular weight excluding hydrogens is 254 g/mol. The summed E-state index contributed by atoms with van der Waals surface area (Å²) in [4.78, 5) is 6.20. The summed E-state index contributed by atoms with van der Waals surface area (Å²) in [6.07, 6.45) is 0. The van der Waals surface area contributed by atoms with Gasteiger partial charge >= 0.3 is 0 Å². The zero-order valence-corrected chi connectivity index (χ0v) is 11.6. The van der Waals surface area contributed by atoms with Gasteiger partial charge in [0.1, 0.15) is 5.84 Å². The number of thiocarbonyl (C=S) groups is 1. The minimum atomic E-state index is 0.415. The van der Waals surface area contributed by atoms with Crippen LogP contribution < -0.4 is 5.73 Å². The molecule has 0 amide bonds. The maximum Gasteiger partial charge on any atom is 0.197 e. The molecule has 0 aliphatic carbocycles. The Morgan fingerprint density at radius 2 is 1.82 bits per heavy atom. The maximum atomic E-state index is 5.89. The number of aliphatic imine (C=N–C) groups is 1. The molecule has 92 valence electrons. The molecule has 0 fully saturated rings. The van der Waals surface area contributed by atoms with Gasteiger partial charge in [0.15, 0.2) is 5.11 Å². The number of amidine groups is 1. The quantitative estimate of drug-likeness (QED) is 0.521. The molecule has 2 N–H and O–H groups in total. The van der Waals surface area contributed by atoms with Crippen LogP contribution in [0.5, 0.6) is 0 Å². The van der Waals surface area contributed by atoms with E-state index in [9.17, 15) is 0 Å². The molecule has 1 aromatic rings. The van der Waals surface area contributed by atoms with Gasteiger partial charge in [0.25, 0.3) is 0 Å². The molecule has 5 heteroatoms. The summed E-state index contributed by atoms with van der Waals surface area (Å²) in [5, 5.41) is 1.19. The Bertz CT molecular complexity index is 410. The van der Waals surface area contributed by atoms with Crippen molar-refractivity contribution in [1.82, 2.24) is 4.90 Å². The van der Waals surface area contributed by atoms with E-state index in [4.69, 9.17) is 29.6 Å². The van der Waals surface area contributed by atoms with Gasteiger partial charge in [-0.25, -0.2) is 4.99 Å². The van der Waals surface area contributed by atoms with Crippen molar-refractivity contribution in [2.24, 2.45) is 10.7 Å². The first-order valence-corrected chi connectivity index (χ1v) is 6.26. The van der Waals surface area contributed by atoms with Gasteiger partial charge in [-0.2, -0.15) is 0 Å². The Kier molecular flexibility index (Phi) is 5.38. The summed E-state index contributed by atoms with van der Waals surface area (Å²) in [7, 11) is 0. The second-order valence-corrected chi connectivity index (χ2v) is 4.26. The number of benzene rings is 1. The van der Waals surface area contributed by atoms with E-state index in [1.807, 2.05) is 30.9 Å². The first-order chi connectivity index (χ1) is 8.08. The molecule has 0 heterocycles. The monoisotopic (exact) mass is 269 g/mol. The fourth-order valence-electron chi connectivity index (χ4n) is 1.35. The van der Waals surface area contributed by atoms with E-state index in [0.717, 1.165) is 18.7 Å². The summed E-state index contributed by atoms with van der Waals surface area (Å²) >= 11 is 11.0. The molecule has 0 aromatic heterocycles. The first kappa shape index (κ1) is 13.9. The minimum absolute atomic E-state index is 0.415. The number of hydrogen-bond donors (Lipinski definition) is 1. The highest BCUT2D eigenvalue weighted by Gasteiger charge is 2.05. The van der Waals surface area contributed by atoms with Crippen LogP contribution in [-0.4, -0.2) is 28.9 Å². The van der Waals surface area contributed by atoms with Gasteiger partial charge in [0, 0.05) is 23.7 Å². The summed E-state index contributed by atoms with van der Waals surface area (Å²) < 4.78 is 0. The lowest BCUT2D eigenvalue weighted by Gasteiger charge is -2.18. The fourth-order valence-corrected chi connectivity index (χ4v) is 1.84. The lowest BCUT2D eigenvalue weighted by Crippen LogP contribution is -2.29. The zero-order valence-electron chi connectivity index (χ0n) is 9.98. The van der Waals surface area contributed by atoms with E-state index >= 15 is 0 Å². The van der Waals surface area contributed by atoms with Gasteiger partial charge in [-0.15, -0.1) is 0 Å². The number of halogens is 1. The van der Waals surface area contributed by atoms with E-state index in [-0.39, 0.29) is 0 Å². The fraction of sp³-hybridized carbons (Fsp3) is 0.333. The molecule has 0 spiro atoms. The van der Waals surface area contributed by atoms with Crippen LogP contribution in [0.1, 0.15) is 19.4 Å². The van der Waals surface area contributed by atoms with Crippen LogP contribution >= 0.6 is 23.8 Å². The van der Waals surface area contributed by atoms with Crippen LogP contribution in [0.25, 0.3) is 0 Å². The van der Waals surface area contributed by atoms with Crippen LogP contribution in [0.3, 0.4) is 0 Å². The van der Waals surface area contributed by atoms with Crippen LogP contribution in [0.15, 0.2) is 29.3 Å². The largest absolute Gasteiger partial charge is 0.383 e. The summed E-state index contributed by atoms with van der Waals surface area (Å²) in [6, 6.07) is 7.21. The van der Waals surface area contributed by atoms with Crippen molar-refractivity contribution in [1.29, 1.82) is 0 Å². The summed E-state index contributed by atoms with van der Waals surface area (Å²) in [5.41, 5.74) is 6.71. The molecular formula is C12H16ClN3S. The van der Waals surface area contributed by atoms with Crippen molar-refractivity contribution in [3.8, 4) is 0 Å². The number of rotatable bonds is 3. The molecule has 0 saturated carbocycles. The van der Waals surface area contributed by atoms with Crippen molar-refractivity contribution in [2.45, 2.75) is 13.8 Å². The third-order valence-corrected chi connectivity index (χ3v) is 2.99. The topological polar surface area (TPSA) is 41.6 Å². The van der Waals surface area contributed by atoms with Gasteiger partial charge < -0.3 is 10.6 Å². The molecule has 3 nitrogen and oxygen atoms in total. The van der Waals surface area contributed by atoms with Gasteiger partial charge in [-0.1, -0.05) is 11.6 Å². The molecule has 0 atom stereocenters. The van der Waals surface area contributed by atoms with Crippen molar-refractivity contribution in [3.63, 3.8) is 0 Å². The molecule has 1 aromatic carbocycles. The third-order valence-electron chi connectivity index (χ3n) is 2.39. The van der Waals surface area contributed by atoms with Crippen LogP contribution in [-0.2, 0) is 0 Å². The number of hydrogen-bond acceptors (Lipinski definition) is 1. The highest BCUT2D eigenvalue weighted by Crippen LogP contribution is 2.09. The Labute approximate surface area is 112 Å². The van der Waals surface area contributed by atoms with Crippen molar-refractivity contribution >= 4 is 34.8 Å². The van der Waals surface area contributed by atoms with Gasteiger partial charge in [0.2, 0.25) is 0 Å². The molecule has 0 radical (unpaired) electrons. The van der Waals surface area contributed by atoms with Crippen molar-refractivity contribution in [3.05, 3.63) is 34.9 Å². The lowest BCUT2D eigenvalue weighted by molar-refractivity contribution is 0.469. The molecule has 0 aliphatic rings. The molecule has 1 rings (SSSR count). The number of nitrogens with two attached hydrogens (primary N) is 1. The number of nitrogens with zero attached hydrogens (tertiary/aromatic N) is 2. The standard InChI is InChI=1S/C12H16ClN3S/c1-3-16(4-2)12(17)15-11(14)9-5-7-10(13)8-6-9/h5-8H,3-4H2,1-2H3,(H2,14,15,17).